The van der Waals surface area contributed by atoms with Gasteiger partial charge in [0.2, 0.25) is 10.0 Å². The van der Waals surface area contributed by atoms with Crippen LogP contribution in [0.3, 0.4) is 0 Å². The Hall–Kier alpha value is -0.920. The van der Waals surface area contributed by atoms with Gasteiger partial charge in [0, 0.05) is 12.2 Å². The lowest BCUT2D eigenvalue weighted by Gasteiger charge is -2.10. The Bertz CT molecular complexity index is 463. The van der Waals surface area contributed by atoms with Crippen LogP contribution in [0.2, 0.25) is 0 Å². The first-order valence-corrected chi connectivity index (χ1v) is 7.26. The third kappa shape index (κ3) is 3.05. The van der Waals surface area contributed by atoms with Crippen LogP contribution in [0.1, 0.15) is 25.7 Å². The van der Waals surface area contributed by atoms with E-state index >= 15 is 0 Å². The molecule has 7 heteroatoms. The van der Waals surface area contributed by atoms with Crippen molar-refractivity contribution in [3.05, 3.63) is 12.4 Å². The van der Waals surface area contributed by atoms with E-state index in [1.165, 1.54) is 17.1 Å². The van der Waals surface area contributed by atoms with Gasteiger partial charge in [-0.3, -0.25) is 4.68 Å². The SMILES string of the molecule is O=S(=O)(NC1CCCC1)c1cnn(CCO)c1. The molecule has 1 aliphatic rings. The molecular formula is C10H17N3O3S. The van der Waals surface area contributed by atoms with Crippen LogP contribution in [0.25, 0.3) is 0 Å². The highest BCUT2D eigenvalue weighted by Gasteiger charge is 2.23. The van der Waals surface area contributed by atoms with Gasteiger partial charge < -0.3 is 5.11 Å². The van der Waals surface area contributed by atoms with Crippen molar-refractivity contribution in [1.29, 1.82) is 0 Å². The minimum absolute atomic E-state index is 0.0567. The molecule has 0 bridgehead atoms. The van der Waals surface area contributed by atoms with Gasteiger partial charge in [-0.2, -0.15) is 5.10 Å². The molecule has 1 saturated carbocycles. The fraction of sp³-hybridized carbons (Fsp3) is 0.700. The number of rotatable bonds is 5. The molecule has 0 saturated heterocycles. The summed E-state index contributed by atoms with van der Waals surface area (Å²) in [5.74, 6) is 0. The van der Waals surface area contributed by atoms with Gasteiger partial charge in [-0.1, -0.05) is 12.8 Å². The first-order chi connectivity index (χ1) is 8.12. The maximum atomic E-state index is 12.0. The zero-order valence-electron chi connectivity index (χ0n) is 9.54. The standard InChI is InChI=1S/C10H17N3O3S/c14-6-5-13-8-10(7-11-13)17(15,16)12-9-3-1-2-4-9/h7-9,12,14H,1-6H2. The summed E-state index contributed by atoms with van der Waals surface area (Å²) in [4.78, 5) is 0.165. The second-order valence-corrected chi connectivity index (χ2v) is 5.98. The van der Waals surface area contributed by atoms with Gasteiger partial charge in [-0.25, -0.2) is 13.1 Å². The van der Waals surface area contributed by atoms with Crippen molar-refractivity contribution in [1.82, 2.24) is 14.5 Å². The smallest absolute Gasteiger partial charge is 0.243 e. The van der Waals surface area contributed by atoms with Crippen LogP contribution < -0.4 is 4.72 Å². The van der Waals surface area contributed by atoms with E-state index in [2.05, 4.69) is 9.82 Å². The van der Waals surface area contributed by atoms with Crippen molar-refractivity contribution in [2.24, 2.45) is 0 Å². The highest BCUT2D eigenvalue weighted by molar-refractivity contribution is 7.89. The van der Waals surface area contributed by atoms with Crippen LogP contribution in [-0.2, 0) is 16.6 Å². The van der Waals surface area contributed by atoms with E-state index in [0.717, 1.165) is 25.7 Å². The summed E-state index contributed by atoms with van der Waals surface area (Å²) in [6, 6.07) is 0.0567. The molecule has 1 aromatic heterocycles. The minimum Gasteiger partial charge on any atom is -0.394 e. The Morgan fingerprint density at radius 3 is 2.82 bits per heavy atom. The summed E-state index contributed by atoms with van der Waals surface area (Å²) < 4.78 is 28.1. The molecule has 0 spiro atoms. The van der Waals surface area contributed by atoms with Crippen LogP contribution in [0, 0.1) is 0 Å². The normalized spacial score (nSPS) is 17.7. The van der Waals surface area contributed by atoms with Gasteiger partial charge >= 0.3 is 0 Å². The van der Waals surface area contributed by atoms with Gasteiger partial charge in [0.05, 0.1) is 19.3 Å². The molecule has 1 aliphatic carbocycles. The number of aromatic nitrogens is 2. The summed E-state index contributed by atoms with van der Waals surface area (Å²) in [6.07, 6.45) is 6.72. The van der Waals surface area contributed by atoms with Crippen LogP contribution in [0.4, 0.5) is 0 Å². The van der Waals surface area contributed by atoms with E-state index in [9.17, 15) is 8.42 Å². The molecule has 0 aliphatic heterocycles. The molecule has 96 valence electrons. The summed E-state index contributed by atoms with van der Waals surface area (Å²) in [5.41, 5.74) is 0. The fourth-order valence-electron chi connectivity index (χ4n) is 2.04. The molecule has 0 radical (unpaired) electrons. The Morgan fingerprint density at radius 1 is 1.47 bits per heavy atom. The first-order valence-electron chi connectivity index (χ1n) is 5.77. The zero-order chi connectivity index (χ0) is 12.3. The Labute approximate surface area is 101 Å². The van der Waals surface area contributed by atoms with E-state index in [1.54, 1.807) is 0 Å². The van der Waals surface area contributed by atoms with E-state index in [0.29, 0.717) is 6.54 Å². The van der Waals surface area contributed by atoms with Gasteiger partial charge in [-0.05, 0) is 12.8 Å². The average Bonchev–Trinajstić information content (AvgIpc) is 2.88. The third-order valence-electron chi connectivity index (χ3n) is 2.93. The summed E-state index contributed by atoms with van der Waals surface area (Å²) >= 11 is 0. The van der Waals surface area contributed by atoms with Gasteiger partial charge in [-0.15, -0.1) is 0 Å². The average molecular weight is 259 g/mol. The van der Waals surface area contributed by atoms with Crippen molar-refractivity contribution in [2.45, 2.75) is 43.2 Å². The summed E-state index contributed by atoms with van der Waals surface area (Å²) in [5, 5.41) is 12.6. The second kappa shape index (κ2) is 5.16. The number of hydrogen-bond donors (Lipinski definition) is 2. The quantitative estimate of drug-likeness (QED) is 0.785. The molecular weight excluding hydrogens is 242 g/mol. The highest BCUT2D eigenvalue weighted by Crippen LogP contribution is 2.20. The maximum Gasteiger partial charge on any atom is 0.243 e. The molecule has 1 fully saturated rings. The lowest BCUT2D eigenvalue weighted by atomic mass is 10.3. The first kappa shape index (κ1) is 12.5. The molecule has 17 heavy (non-hydrogen) atoms. The molecule has 2 N–H and O–H groups in total. The summed E-state index contributed by atoms with van der Waals surface area (Å²) in [7, 11) is -3.46. The molecule has 6 nitrogen and oxygen atoms in total. The van der Waals surface area contributed by atoms with Crippen molar-refractivity contribution in [3.8, 4) is 0 Å². The minimum atomic E-state index is -3.46. The van der Waals surface area contributed by atoms with Gasteiger partial charge in [0.25, 0.3) is 0 Å². The van der Waals surface area contributed by atoms with Crippen molar-refractivity contribution < 1.29 is 13.5 Å². The lowest BCUT2D eigenvalue weighted by Crippen LogP contribution is -2.32. The van der Waals surface area contributed by atoms with Crippen LogP contribution in [0.5, 0.6) is 0 Å². The van der Waals surface area contributed by atoms with Crippen molar-refractivity contribution in [2.75, 3.05) is 6.61 Å². The predicted octanol–water partition coefficient (Wildman–Crippen LogP) is 0.0963. The number of aliphatic hydroxyl groups excluding tert-OH is 1. The monoisotopic (exact) mass is 259 g/mol. The number of aliphatic hydroxyl groups is 1. The fourth-order valence-corrected chi connectivity index (χ4v) is 3.30. The van der Waals surface area contributed by atoms with Crippen molar-refractivity contribution >= 4 is 10.0 Å². The topological polar surface area (TPSA) is 84.2 Å². The van der Waals surface area contributed by atoms with Gasteiger partial charge in [0.15, 0.2) is 0 Å². The Morgan fingerprint density at radius 2 is 2.18 bits per heavy atom. The molecule has 0 aromatic carbocycles. The lowest BCUT2D eigenvalue weighted by molar-refractivity contribution is 0.269. The van der Waals surface area contributed by atoms with E-state index in [-0.39, 0.29) is 17.5 Å². The van der Waals surface area contributed by atoms with Gasteiger partial charge in [0.1, 0.15) is 4.90 Å². The summed E-state index contributed by atoms with van der Waals surface area (Å²) in [6.45, 7) is 0.246. The number of nitrogens with zero attached hydrogens (tertiary/aromatic N) is 2. The number of nitrogens with one attached hydrogen (secondary N) is 1. The van der Waals surface area contributed by atoms with E-state index < -0.39 is 10.0 Å². The Balaban J connectivity index is 2.07. The molecule has 2 rings (SSSR count). The largest absolute Gasteiger partial charge is 0.394 e. The molecule has 1 aromatic rings. The predicted molar refractivity (Wildman–Crippen MR) is 61.9 cm³/mol. The van der Waals surface area contributed by atoms with Crippen molar-refractivity contribution in [3.63, 3.8) is 0 Å². The number of hydrogen-bond acceptors (Lipinski definition) is 4. The van der Waals surface area contributed by atoms with Crippen LogP contribution in [-0.4, -0.2) is 36.0 Å². The van der Waals surface area contributed by atoms with Crippen LogP contribution in [0.15, 0.2) is 17.3 Å². The highest BCUT2D eigenvalue weighted by atomic mass is 32.2. The molecule has 0 amide bonds. The maximum absolute atomic E-state index is 12.0. The second-order valence-electron chi connectivity index (χ2n) is 4.27. The number of sulfonamides is 1. The van der Waals surface area contributed by atoms with E-state index in [4.69, 9.17) is 5.11 Å². The molecule has 1 heterocycles. The van der Waals surface area contributed by atoms with Crippen LogP contribution >= 0.6 is 0 Å². The Kier molecular flexibility index (Phi) is 3.80. The van der Waals surface area contributed by atoms with E-state index in [1.807, 2.05) is 0 Å². The molecule has 0 unspecified atom stereocenters. The third-order valence-corrected chi connectivity index (χ3v) is 4.40. The zero-order valence-corrected chi connectivity index (χ0v) is 10.4. The molecule has 0 atom stereocenters.